The van der Waals surface area contributed by atoms with Crippen molar-refractivity contribution in [3.63, 3.8) is 0 Å². The SMILES string of the molecule is CCCn1c(CC)nc(-c2c(C)nn(C)c2OC)c1N. The highest BCUT2D eigenvalue weighted by Gasteiger charge is 2.23. The quantitative estimate of drug-likeness (QED) is 0.909. The smallest absolute Gasteiger partial charge is 0.221 e. The van der Waals surface area contributed by atoms with Crippen molar-refractivity contribution in [2.24, 2.45) is 7.05 Å². The minimum atomic E-state index is 0.693. The van der Waals surface area contributed by atoms with Crippen LogP contribution in [0.15, 0.2) is 0 Å². The van der Waals surface area contributed by atoms with Crippen LogP contribution in [0.1, 0.15) is 31.8 Å². The van der Waals surface area contributed by atoms with Crippen molar-refractivity contribution in [3.05, 3.63) is 11.5 Å². The highest BCUT2D eigenvalue weighted by molar-refractivity contribution is 5.77. The van der Waals surface area contributed by atoms with Gasteiger partial charge in [0.1, 0.15) is 17.3 Å². The lowest BCUT2D eigenvalue weighted by Crippen LogP contribution is -2.06. The molecule has 0 spiro atoms. The van der Waals surface area contributed by atoms with Gasteiger partial charge in [0.15, 0.2) is 0 Å². The summed E-state index contributed by atoms with van der Waals surface area (Å²) >= 11 is 0. The van der Waals surface area contributed by atoms with Crippen LogP contribution in [0, 0.1) is 6.92 Å². The van der Waals surface area contributed by atoms with Gasteiger partial charge >= 0.3 is 0 Å². The summed E-state index contributed by atoms with van der Waals surface area (Å²) in [6.45, 7) is 7.05. The number of aryl methyl sites for hydroxylation is 3. The Morgan fingerprint density at radius 1 is 1.30 bits per heavy atom. The molecular formula is C14H23N5O. The van der Waals surface area contributed by atoms with E-state index in [4.69, 9.17) is 15.5 Å². The van der Waals surface area contributed by atoms with Crippen LogP contribution in [0.25, 0.3) is 11.3 Å². The van der Waals surface area contributed by atoms with E-state index in [2.05, 4.69) is 23.5 Å². The van der Waals surface area contributed by atoms with Gasteiger partial charge in [-0.1, -0.05) is 13.8 Å². The number of anilines is 1. The Balaban J connectivity index is 2.64. The highest BCUT2D eigenvalue weighted by atomic mass is 16.5. The van der Waals surface area contributed by atoms with Gasteiger partial charge in [-0.05, 0) is 13.3 Å². The van der Waals surface area contributed by atoms with Crippen molar-refractivity contribution in [1.82, 2.24) is 19.3 Å². The van der Waals surface area contributed by atoms with E-state index in [0.29, 0.717) is 11.7 Å². The molecule has 110 valence electrons. The third-order valence-corrected chi connectivity index (χ3v) is 3.45. The largest absolute Gasteiger partial charge is 0.481 e. The average Bonchev–Trinajstić information content (AvgIpc) is 2.87. The summed E-state index contributed by atoms with van der Waals surface area (Å²) in [5.74, 6) is 2.39. The van der Waals surface area contributed by atoms with Gasteiger partial charge in [-0.15, -0.1) is 0 Å². The van der Waals surface area contributed by atoms with Gasteiger partial charge in [0.25, 0.3) is 0 Å². The number of aromatic nitrogens is 4. The van der Waals surface area contributed by atoms with Crippen LogP contribution in [-0.4, -0.2) is 26.4 Å². The zero-order valence-corrected chi connectivity index (χ0v) is 12.9. The first-order valence-corrected chi connectivity index (χ1v) is 6.97. The number of imidazole rings is 1. The Morgan fingerprint density at radius 3 is 2.55 bits per heavy atom. The molecule has 6 heteroatoms. The predicted octanol–water partition coefficient (Wildman–Crippen LogP) is 2.16. The number of methoxy groups -OCH3 is 1. The fraction of sp³-hybridized carbons (Fsp3) is 0.571. The van der Waals surface area contributed by atoms with Crippen molar-refractivity contribution in [2.75, 3.05) is 12.8 Å². The Kier molecular flexibility index (Phi) is 4.01. The third kappa shape index (κ3) is 2.15. The van der Waals surface area contributed by atoms with Gasteiger partial charge in [0.05, 0.1) is 18.4 Å². The molecule has 0 fully saturated rings. The van der Waals surface area contributed by atoms with Crippen molar-refractivity contribution in [1.29, 1.82) is 0 Å². The molecular weight excluding hydrogens is 254 g/mol. The summed E-state index contributed by atoms with van der Waals surface area (Å²) in [6, 6.07) is 0. The maximum atomic E-state index is 6.31. The van der Waals surface area contributed by atoms with E-state index in [1.165, 1.54) is 0 Å². The van der Waals surface area contributed by atoms with Crippen LogP contribution in [0.2, 0.25) is 0 Å². The Bertz CT molecular complexity index is 612. The molecule has 2 heterocycles. The maximum Gasteiger partial charge on any atom is 0.221 e. The predicted molar refractivity (Wildman–Crippen MR) is 79.8 cm³/mol. The van der Waals surface area contributed by atoms with E-state index in [-0.39, 0.29) is 0 Å². The van der Waals surface area contributed by atoms with E-state index in [9.17, 15) is 0 Å². The molecule has 0 amide bonds. The zero-order chi connectivity index (χ0) is 14.9. The molecule has 0 aliphatic heterocycles. The minimum Gasteiger partial charge on any atom is -0.481 e. The van der Waals surface area contributed by atoms with Crippen LogP contribution in [0.3, 0.4) is 0 Å². The van der Waals surface area contributed by atoms with Gasteiger partial charge in [0, 0.05) is 20.0 Å². The van der Waals surface area contributed by atoms with E-state index >= 15 is 0 Å². The van der Waals surface area contributed by atoms with Gasteiger partial charge in [-0.2, -0.15) is 5.10 Å². The molecule has 2 aromatic rings. The van der Waals surface area contributed by atoms with Crippen LogP contribution in [0.5, 0.6) is 5.88 Å². The summed E-state index contributed by atoms with van der Waals surface area (Å²) in [5.41, 5.74) is 8.84. The minimum absolute atomic E-state index is 0.693. The summed E-state index contributed by atoms with van der Waals surface area (Å²) < 4.78 is 9.25. The monoisotopic (exact) mass is 277 g/mol. The molecule has 0 saturated carbocycles. The van der Waals surface area contributed by atoms with Crippen LogP contribution in [-0.2, 0) is 20.0 Å². The van der Waals surface area contributed by atoms with Crippen molar-refractivity contribution in [3.8, 4) is 17.1 Å². The molecule has 0 atom stereocenters. The van der Waals surface area contributed by atoms with Crippen LogP contribution in [0.4, 0.5) is 5.82 Å². The van der Waals surface area contributed by atoms with E-state index < -0.39 is 0 Å². The van der Waals surface area contributed by atoms with E-state index in [1.807, 2.05) is 14.0 Å². The average molecular weight is 277 g/mol. The molecule has 20 heavy (non-hydrogen) atoms. The first-order chi connectivity index (χ1) is 9.54. The van der Waals surface area contributed by atoms with Crippen molar-refractivity contribution in [2.45, 2.75) is 40.2 Å². The molecule has 6 nitrogen and oxygen atoms in total. The number of nitrogen functional groups attached to an aromatic ring is 1. The van der Waals surface area contributed by atoms with E-state index in [0.717, 1.165) is 42.2 Å². The summed E-state index contributed by atoms with van der Waals surface area (Å²) in [5, 5.41) is 4.40. The molecule has 0 saturated heterocycles. The number of nitrogens with zero attached hydrogens (tertiary/aromatic N) is 4. The number of ether oxygens (including phenoxy) is 1. The number of hydrogen-bond donors (Lipinski definition) is 1. The third-order valence-electron chi connectivity index (χ3n) is 3.45. The first-order valence-electron chi connectivity index (χ1n) is 6.97. The number of hydrogen-bond acceptors (Lipinski definition) is 4. The Hall–Kier alpha value is -1.98. The van der Waals surface area contributed by atoms with Crippen LogP contribution >= 0.6 is 0 Å². The second-order valence-corrected chi connectivity index (χ2v) is 4.86. The normalized spacial score (nSPS) is 11.1. The Morgan fingerprint density at radius 2 is 2.00 bits per heavy atom. The molecule has 2 aromatic heterocycles. The topological polar surface area (TPSA) is 70.9 Å². The fourth-order valence-electron chi connectivity index (χ4n) is 2.58. The van der Waals surface area contributed by atoms with Crippen molar-refractivity contribution >= 4 is 5.82 Å². The summed E-state index contributed by atoms with van der Waals surface area (Å²) in [7, 11) is 3.50. The Labute approximate surface area is 119 Å². The highest BCUT2D eigenvalue weighted by Crippen LogP contribution is 2.36. The molecule has 0 bridgehead atoms. The van der Waals surface area contributed by atoms with Gasteiger partial charge in [-0.25, -0.2) is 9.67 Å². The molecule has 0 aromatic carbocycles. The maximum absolute atomic E-state index is 6.31. The lowest BCUT2D eigenvalue weighted by Gasteiger charge is -2.07. The van der Waals surface area contributed by atoms with Gasteiger partial charge < -0.3 is 15.0 Å². The lowest BCUT2D eigenvalue weighted by atomic mass is 10.2. The van der Waals surface area contributed by atoms with Gasteiger partial charge in [-0.3, -0.25) is 0 Å². The standard InChI is InChI=1S/C14H23N5O/c1-6-8-19-10(7-2)16-12(13(19)15)11-9(3)17-18(4)14(11)20-5/h6-8,15H2,1-5H3. The fourth-order valence-corrected chi connectivity index (χ4v) is 2.58. The first kappa shape index (κ1) is 14.4. The molecule has 0 aliphatic rings. The summed E-state index contributed by atoms with van der Waals surface area (Å²) in [4.78, 5) is 4.70. The molecule has 0 unspecified atom stereocenters. The molecule has 0 radical (unpaired) electrons. The zero-order valence-electron chi connectivity index (χ0n) is 12.9. The number of rotatable bonds is 5. The molecule has 0 aliphatic carbocycles. The van der Waals surface area contributed by atoms with Crippen LogP contribution < -0.4 is 10.5 Å². The van der Waals surface area contributed by atoms with Crippen molar-refractivity contribution < 1.29 is 4.74 Å². The second kappa shape index (κ2) is 5.56. The lowest BCUT2D eigenvalue weighted by molar-refractivity contribution is 0.374. The summed E-state index contributed by atoms with van der Waals surface area (Å²) in [6.07, 6.45) is 1.88. The number of nitrogens with two attached hydrogens (primary N) is 1. The second-order valence-electron chi connectivity index (χ2n) is 4.86. The van der Waals surface area contributed by atoms with Gasteiger partial charge in [0.2, 0.25) is 5.88 Å². The van der Waals surface area contributed by atoms with E-state index in [1.54, 1.807) is 11.8 Å². The molecule has 2 rings (SSSR count). The molecule has 2 N–H and O–H groups in total.